The number of carbonyl (C=O) groups is 1. The minimum Gasteiger partial charge on any atom is -0.465 e. The molecular weight excluding hydrogens is 262 g/mol. The lowest BCUT2D eigenvalue weighted by molar-refractivity contribution is 0.0601. The Hall–Kier alpha value is -2.68. The van der Waals surface area contributed by atoms with Gasteiger partial charge in [-0.05, 0) is 30.7 Å². The maximum absolute atomic E-state index is 11.9. The number of esters is 1. The Bertz CT molecular complexity index is 824. The summed E-state index contributed by atoms with van der Waals surface area (Å²) in [7, 11) is 1.39. The molecule has 21 heavy (non-hydrogen) atoms. The highest BCUT2D eigenvalue weighted by Crippen LogP contribution is 2.25. The van der Waals surface area contributed by atoms with Gasteiger partial charge in [0, 0.05) is 10.9 Å². The monoisotopic (exact) mass is 277 g/mol. The summed E-state index contributed by atoms with van der Waals surface area (Å²) in [5, 5.41) is 1.08. The summed E-state index contributed by atoms with van der Waals surface area (Å²) < 4.78 is 4.84. The average molecular weight is 277 g/mol. The molecule has 0 N–H and O–H groups in total. The fourth-order valence-corrected chi connectivity index (χ4v) is 2.37. The summed E-state index contributed by atoms with van der Waals surface area (Å²) >= 11 is 0. The van der Waals surface area contributed by atoms with Crippen molar-refractivity contribution in [2.45, 2.75) is 6.92 Å². The van der Waals surface area contributed by atoms with E-state index in [2.05, 4.69) is 11.1 Å². The van der Waals surface area contributed by atoms with E-state index in [1.54, 1.807) is 6.07 Å². The lowest BCUT2D eigenvalue weighted by Gasteiger charge is -2.08. The van der Waals surface area contributed by atoms with Crippen molar-refractivity contribution in [3.63, 3.8) is 0 Å². The summed E-state index contributed by atoms with van der Waals surface area (Å²) in [6.07, 6.45) is 0. The second kappa shape index (κ2) is 5.37. The Morgan fingerprint density at radius 1 is 1.05 bits per heavy atom. The molecule has 0 bridgehead atoms. The van der Waals surface area contributed by atoms with Crippen molar-refractivity contribution in [2.75, 3.05) is 7.11 Å². The maximum Gasteiger partial charge on any atom is 0.338 e. The number of nitrogens with zero attached hydrogens (tertiary/aromatic N) is 1. The SMILES string of the molecule is COC(=O)c1ccccc1-c1ccc2ccc(C)cc2n1. The Labute approximate surface area is 123 Å². The molecule has 0 aliphatic rings. The van der Waals surface area contributed by atoms with Crippen molar-refractivity contribution in [2.24, 2.45) is 0 Å². The van der Waals surface area contributed by atoms with Gasteiger partial charge >= 0.3 is 5.97 Å². The highest BCUT2D eigenvalue weighted by atomic mass is 16.5. The van der Waals surface area contributed by atoms with E-state index in [0.29, 0.717) is 5.56 Å². The molecule has 0 spiro atoms. The van der Waals surface area contributed by atoms with Crippen molar-refractivity contribution in [1.29, 1.82) is 0 Å². The van der Waals surface area contributed by atoms with Crippen molar-refractivity contribution in [3.8, 4) is 11.3 Å². The van der Waals surface area contributed by atoms with Gasteiger partial charge in [0.15, 0.2) is 0 Å². The van der Waals surface area contributed by atoms with Gasteiger partial charge in [0.25, 0.3) is 0 Å². The largest absolute Gasteiger partial charge is 0.465 e. The predicted octanol–water partition coefficient (Wildman–Crippen LogP) is 4.00. The van der Waals surface area contributed by atoms with Crippen LogP contribution in [0.3, 0.4) is 0 Å². The topological polar surface area (TPSA) is 39.2 Å². The highest BCUT2D eigenvalue weighted by Gasteiger charge is 2.13. The van der Waals surface area contributed by atoms with Crippen LogP contribution in [-0.2, 0) is 4.74 Å². The van der Waals surface area contributed by atoms with Gasteiger partial charge in [0.1, 0.15) is 0 Å². The molecule has 1 aromatic heterocycles. The molecule has 0 fully saturated rings. The third-order valence-electron chi connectivity index (χ3n) is 3.46. The quantitative estimate of drug-likeness (QED) is 0.665. The Morgan fingerprint density at radius 3 is 2.62 bits per heavy atom. The zero-order chi connectivity index (χ0) is 14.8. The number of pyridine rings is 1. The Morgan fingerprint density at radius 2 is 1.81 bits per heavy atom. The van der Waals surface area contributed by atoms with Crippen molar-refractivity contribution < 1.29 is 9.53 Å². The standard InChI is InChI=1S/C18H15NO2/c1-12-7-8-13-9-10-16(19-17(13)11-12)14-5-3-4-6-15(14)18(20)21-2/h3-11H,1-2H3. The van der Waals surface area contributed by atoms with Gasteiger partial charge in [-0.15, -0.1) is 0 Å². The average Bonchev–Trinajstić information content (AvgIpc) is 2.53. The van der Waals surface area contributed by atoms with Gasteiger partial charge in [-0.2, -0.15) is 0 Å². The summed E-state index contributed by atoms with van der Waals surface area (Å²) in [5.41, 5.74) is 4.17. The first-order chi connectivity index (χ1) is 10.2. The molecule has 3 heteroatoms. The number of hydrogen-bond donors (Lipinski definition) is 0. The van der Waals surface area contributed by atoms with Crippen LogP contribution >= 0.6 is 0 Å². The zero-order valence-electron chi connectivity index (χ0n) is 12.0. The number of ether oxygens (including phenoxy) is 1. The van der Waals surface area contributed by atoms with Crippen LogP contribution in [0.4, 0.5) is 0 Å². The Balaban J connectivity index is 2.19. The fourth-order valence-electron chi connectivity index (χ4n) is 2.37. The van der Waals surface area contributed by atoms with Crippen molar-refractivity contribution >= 4 is 16.9 Å². The second-order valence-corrected chi connectivity index (χ2v) is 4.93. The zero-order valence-corrected chi connectivity index (χ0v) is 12.0. The molecule has 104 valence electrons. The van der Waals surface area contributed by atoms with Crippen LogP contribution in [0.1, 0.15) is 15.9 Å². The number of rotatable bonds is 2. The maximum atomic E-state index is 11.9. The van der Waals surface area contributed by atoms with Crippen LogP contribution in [0.5, 0.6) is 0 Å². The predicted molar refractivity (Wildman–Crippen MR) is 83.3 cm³/mol. The molecule has 0 atom stereocenters. The van der Waals surface area contributed by atoms with Crippen LogP contribution in [0.15, 0.2) is 54.6 Å². The van der Waals surface area contributed by atoms with Crippen molar-refractivity contribution in [1.82, 2.24) is 4.98 Å². The van der Waals surface area contributed by atoms with Crippen LogP contribution in [0, 0.1) is 6.92 Å². The number of benzene rings is 2. The van der Waals surface area contributed by atoms with E-state index in [-0.39, 0.29) is 5.97 Å². The molecule has 0 radical (unpaired) electrons. The molecule has 0 saturated heterocycles. The summed E-state index contributed by atoms with van der Waals surface area (Å²) in [6, 6.07) is 17.5. The second-order valence-electron chi connectivity index (χ2n) is 4.93. The smallest absolute Gasteiger partial charge is 0.338 e. The van der Waals surface area contributed by atoms with Gasteiger partial charge in [0.05, 0.1) is 23.9 Å². The van der Waals surface area contributed by atoms with Gasteiger partial charge in [0.2, 0.25) is 0 Å². The molecule has 3 aromatic rings. The van der Waals surface area contributed by atoms with Crippen LogP contribution in [0.25, 0.3) is 22.2 Å². The molecule has 3 nitrogen and oxygen atoms in total. The van der Waals surface area contributed by atoms with E-state index in [4.69, 9.17) is 4.74 Å². The van der Waals surface area contributed by atoms with Crippen LogP contribution in [0.2, 0.25) is 0 Å². The van der Waals surface area contributed by atoms with Crippen LogP contribution in [-0.4, -0.2) is 18.1 Å². The molecule has 2 aromatic carbocycles. The third kappa shape index (κ3) is 2.50. The summed E-state index contributed by atoms with van der Waals surface area (Å²) in [4.78, 5) is 16.6. The van der Waals surface area contributed by atoms with Gasteiger partial charge < -0.3 is 4.74 Å². The first-order valence-corrected chi connectivity index (χ1v) is 6.74. The highest BCUT2D eigenvalue weighted by molar-refractivity contribution is 5.97. The number of carbonyl (C=O) groups excluding carboxylic acids is 1. The first kappa shape index (κ1) is 13.3. The molecule has 0 unspecified atom stereocenters. The van der Waals surface area contributed by atoms with Gasteiger partial charge in [-0.1, -0.05) is 36.4 Å². The minimum atomic E-state index is -0.350. The van der Waals surface area contributed by atoms with E-state index >= 15 is 0 Å². The lowest BCUT2D eigenvalue weighted by atomic mass is 10.0. The molecule has 0 amide bonds. The molecule has 3 rings (SSSR count). The van der Waals surface area contributed by atoms with E-state index in [0.717, 1.165) is 27.7 Å². The molecule has 0 aliphatic heterocycles. The molecule has 1 heterocycles. The number of methoxy groups -OCH3 is 1. The lowest BCUT2D eigenvalue weighted by Crippen LogP contribution is -2.03. The Kier molecular flexibility index (Phi) is 3.40. The fraction of sp³-hybridized carbons (Fsp3) is 0.111. The third-order valence-corrected chi connectivity index (χ3v) is 3.46. The molecule has 0 aliphatic carbocycles. The van der Waals surface area contributed by atoms with Gasteiger partial charge in [-0.25, -0.2) is 9.78 Å². The van der Waals surface area contributed by atoms with E-state index < -0.39 is 0 Å². The minimum absolute atomic E-state index is 0.350. The molecular formula is C18H15NO2. The van der Waals surface area contributed by atoms with E-state index in [1.165, 1.54) is 7.11 Å². The van der Waals surface area contributed by atoms with E-state index in [1.807, 2.05) is 49.4 Å². The first-order valence-electron chi connectivity index (χ1n) is 6.74. The summed E-state index contributed by atoms with van der Waals surface area (Å²) in [6.45, 7) is 2.04. The van der Waals surface area contributed by atoms with E-state index in [9.17, 15) is 4.79 Å². The van der Waals surface area contributed by atoms with Crippen molar-refractivity contribution in [3.05, 3.63) is 65.7 Å². The number of fused-ring (bicyclic) bond motifs is 1. The normalized spacial score (nSPS) is 10.6. The van der Waals surface area contributed by atoms with Gasteiger partial charge in [-0.3, -0.25) is 0 Å². The molecule has 0 saturated carbocycles. The number of aromatic nitrogens is 1. The summed E-state index contributed by atoms with van der Waals surface area (Å²) in [5.74, 6) is -0.350. The van der Waals surface area contributed by atoms with Crippen LogP contribution < -0.4 is 0 Å². The number of hydrogen-bond acceptors (Lipinski definition) is 3. The number of aryl methyl sites for hydroxylation is 1.